The largest absolute Gasteiger partial charge is 0.497 e. The fourth-order valence-electron chi connectivity index (χ4n) is 6.08. The molecule has 4 heterocycles. The Morgan fingerprint density at radius 1 is 1.03 bits per heavy atom. The number of hydrogen-bond donors (Lipinski definition) is 1. The lowest BCUT2D eigenvalue weighted by Gasteiger charge is -2.41. The maximum absolute atomic E-state index is 6.66. The Morgan fingerprint density at radius 3 is 2.70 bits per heavy atom. The zero-order valence-corrected chi connectivity index (χ0v) is 19.4. The lowest BCUT2D eigenvalue weighted by atomic mass is 9.79. The minimum absolute atomic E-state index is 0.0333. The molecule has 1 unspecified atom stereocenters. The van der Waals surface area contributed by atoms with Gasteiger partial charge in [-0.15, -0.1) is 0 Å². The summed E-state index contributed by atoms with van der Waals surface area (Å²) in [5.41, 5.74) is 4.83. The molecule has 1 atom stereocenters. The highest BCUT2D eigenvalue weighted by atomic mass is 16.5. The van der Waals surface area contributed by atoms with Gasteiger partial charge in [0.1, 0.15) is 11.3 Å². The Morgan fingerprint density at radius 2 is 1.88 bits per heavy atom. The first-order valence-corrected chi connectivity index (χ1v) is 12.2. The van der Waals surface area contributed by atoms with Crippen molar-refractivity contribution in [1.82, 2.24) is 9.47 Å². The second-order valence-corrected chi connectivity index (χ2v) is 9.93. The standard InChI is InChI=1S/C28H33N3O2/c1-32-23-11-12-25-24(19-23)29-28(26-10-6-16-31(25)26)20-27(33-21-28)13-17-30(18-14-27)15-5-9-22-7-3-2-4-8-22/h2-4,6-8,10-12,16,19,29H,5,9,13-15,17-18,20-21H2,1H3. The number of fused-ring (bicyclic) bond motifs is 4. The van der Waals surface area contributed by atoms with Crippen LogP contribution in [0.1, 0.15) is 36.9 Å². The van der Waals surface area contributed by atoms with Crippen LogP contribution in [0.5, 0.6) is 5.75 Å². The van der Waals surface area contributed by atoms with E-state index in [9.17, 15) is 0 Å². The SMILES string of the molecule is COc1ccc2c(c1)NC1(COC3(CCN(CCCc4ccccc4)CC3)C1)c1cccn1-2. The Balaban J connectivity index is 1.13. The predicted molar refractivity (Wildman–Crippen MR) is 131 cm³/mol. The number of nitrogens with one attached hydrogen (secondary N) is 1. The summed E-state index contributed by atoms with van der Waals surface area (Å²) in [5.74, 6) is 0.879. The fraction of sp³-hybridized carbons (Fsp3) is 0.429. The van der Waals surface area contributed by atoms with Gasteiger partial charge in [-0.25, -0.2) is 0 Å². The van der Waals surface area contributed by atoms with Gasteiger partial charge in [0, 0.05) is 31.8 Å². The maximum Gasteiger partial charge on any atom is 0.121 e. The summed E-state index contributed by atoms with van der Waals surface area (Å²) >= 11 is 0. The molecule has 5 nitrogen and oxygen atoms in total. The van der Waals surface area contributed by atoms with Gasteiger partial charge in [-0.2, -0.15) is 0 Å². The van der Waals surface area contributed by atoms with Gasteiger partial charge in [-0.05, 0) is 62.1 Å². The van der Waals surface area contributed by atoms with E-state index in [1.54, 1.807) is 7.11 Å². The van der Waals surface area contributed by atoms with E-state index in [4.69, 9.17) is 9.47 Å². The molecule has 2 spiro atoms. The van der Waals surface area contributed by atoms with Crippen LogP contribution in [0.3, 0.4) is 0 Å². The summed E-state index contributed by atoms with van der Waals surface area (Å²) < 4.78 is 14.5. The van der Waals surface area contributed by atoms with Gasteiger partial charge in [0.15, 0.2) is 0 Å². The third-order valence-electron chi connectivity index (χ3n) is 7.87. The number of ether oxygens (including phenoxy) is 2. The number of likely N-dealkylation sites (tertiary alicyclic amines) is 1. The Labute approximate surface area is 196 Å². The van der Waals surface area contributed by atoms with Crippen molar-refractivity contribution in [2.45, 2.75) is 43.2 Å². The van der Waals surface area contributed by atoms with Crippen molar-refractivity contribution in [2.75, 3.05) is 38.7 Å². The van der Waals surface area contributed by atoms with Crippen LogP contribution in [0.15, 0.2) is 66.9 Å². The summed E-state index contributed by atoms with van der Waals surface area (Å²) in [4.78, 5) is 2.62. The molecule has 0 bridgehead atoms. The van der Waals surface area contributed by atoms with Crippen LogP contribution in [-0.2, 0) is 16.7 Å². The highest BCUT2D eigenvalue weighted by Crippen LogP contribution is 2.50. The smallest absolute Gasteiger partial charge is 0.121 e. The highest BCUT2D eigenvalue weighted by Gasteiger charge is 2.53. The average Bonchev–Trinajstić information content (AvgIpc) is 3.48. The van der Waals surface area contributed by atoms with Crippen molar-refractivity contribution >= 4 is 5.69 Å². The van der Waals surface area contributed by atoms with Crippen LogP contribution >= 0.6 is 0 Å². The topological polar surface area (TPSA) is 38.7 Å². The number of aryl methyl sites for hydroxylation is 1. The van der Waals surface area contributed by atoms with E-state index >= 15 is 0 Å². The number of rotatable bonds is 5. The van der Waals surface area contributed by atoms with Gasteiger partial charge in [0.2, 0.25) is 0 Å². The summed E-state index contributed by atoms with van der Waals surface area (Å²) in [6.07, 6.45) is 7.77. The predicted octanol–water partition coefficient (Wildman–Crippen LogP) is 4.99. The molecule has 3 aliphatic heterocycles. The molecule has 2 saturated heterocycles. The van der Waals surface area contributed by atoms with Crippen LogP contribution in [0.4, 0.5) is 5.69 Å². The Kier molecular flexibility index (Phi) is 5.19. The Bertz CT molecular complexity index is 1120. The number of anilines is 1. The maximum atomic E-state index is 6.66. The number of nitrogens with zero attached hydrogens (tertiary/aromatic N) is 2. The van der Waals surface area contributed by atoms with E-state index < -0.39 is 0 Å². The minimum Gasteiger partial charge on any atom is -0.497 e. The van der Waals surface area contributed by atoms with Crippen molar-refractivity contribution in [3.05, 3.63) is 78.1 Å². The lowest BCUT2D eigenvalue weighted by Crippen LogP contribution is -2.47. The molecule has 1 N–H and O–H groups in total. The van der Waals surface area contributed by atoms with Gasteiger partial charge in [0.05, 0.1) is 36.4 Å². The molecular weight excluding hydrogens is 410 g/mol. The molecule has 0 amide bonds. The van der Waals surface area contributed by atoms with Crippen molar-refractivity contribution in [1.29, 1.82) is 0 Å². The van der Waals surface area contributed by atoms with E-state index in [2.05, 4.69) is 75.6 Å². The normalized spacial score (nSPS) is 23.3. The van der Waals surface area contributed by atoms with Crippen molar-refractivity contribution in [3.8, 4) is 11.4 Å². The molecule has 172 valence electrons. The van der Waals surface area contributed by atoms with Gasteiger partial charge >= 0.3 is 0 Å². The molecule has 5 heteroatoms. The first kappa shape index (κ1) is 20.8. The van der Waals surface area contributed by atoms with Crippen LogP contribution < -0.4 is 10.1 Å². The van der Waals surface area contributed by atoms with E-state index in [1.165, 1.54) is 29.9 Å². The molecule has 3 aliphatic rings. The molecule has 6 rings (SSSR count). The van der Waals surface area contributed by atoms with E-state index in [0.29, 0.717) is 6.61 Å². The molecular formula is C28H33N3O2. The van der Waals surface area contributed by atoms with Crippen LogP contribution in [0, 0.1) is 0 Å². The fourth-order valence-corrected chi connectivity index (χ4v) is 6.08. The van der Waals surface area contributed by atoms with E-state index in [0.717, 1.165) is 50.2 Å². The lowest BCUT2D eigenvalue weighted by molar-refractivity contribution is -0.0438. The molecule has 0 saturated carbocycles. The zero-order valence-electron chi connectivity index (χ0n) is 19.4. The average molecular weight is 444 g/mol. The van der Waals surface area contributed by atoms with Gasteiger partial charge < -0.3 is 24.3 Å². The molecule has 3 aromatic rings. The second-order valence-electron chi connectivity index (χ2n) is 9.93. The molecule has 0 aliphatic carbocycles. The number of benzene rings is 2. The van der Waals surface area contributed by atoms with Gasteiger partial charge in [-0.1, -0.05) is 30.3 Å². The molecule has 33 heavy (non-hydrogen) atoms. The summed E-state index contributed by atoms with van der Waals surface area (Å²) in [6.45, 7) is 4.12. The second kappa shape index (κ2) is 8.23. The monoisotopic (exact) mass is 443 g/mol. The summed E-state index contributed by atoms with van der Waals surface area (Å²) in [7, 11) is 1.72. The molecule has 0 radical (unpaired) electrons. The van der Waals surface area contributed by atoms with Crippen molar-refractivity contribution in [3.63, 3.8) is 0 Å². The third kappa shape index (κ3) is 3.73. The first-order chi connectivity index (χ1) is 16.2. The quantitative estimate of drug-likeness (QED) is 0.603. The van der Waals surface area contributed by atoms with Gasteiger partial charge in [0.25, 0.3) is 0 Å². The Hall–Kier alpha value is -2.76. The summed E-state index contributed by atoms with van der Waals surface area (Å²) in [5, 5.41) is 3.89. The van der Waals surface area contributed by atoms with E-state index in [-0.39, 0.29) is 11.1 Å². The molecule has 2 aromatic carbocycles. The van der Waals surface area contributed by atoms with Crippen LogP contribution in [0.2, 0.25) is 0 Å². The minimum atomic E-state index is -0.182. The highest BCUT2D eigenvalue weighted by molar-refractivity contribution is 5.69. The van der Waals surface area contributed by atoms with Crippen LogP contribution in [0.25, 0.3) is 5.69 Å². The molecule has 2 fully saturated rings. The molecule has 1 aromatic heterocycles. The number of piperidine rings is 1. The first-order valence-electron chi connectivity index (χ1n) is 12.2. The van der Waals surface area contributed by atoms with Crippen molar-refractivity contribution < 1.29 is 9.47 Å². The summed E-state index contributed by atoms with van der Waals surface area (Å²) in [6, 6.07) is 21.5. The number of methoxy groups -OCH3 is 1. The number of hydrogen-bond acceptors (Lipinski definition) is 4. The van der Waals surface area contributed by atoms with Crippen molar-refractivity contribution in [2.24, 2.45) is 0 Å². The van der Waals surface area contributed by atoms with Gasteiger partial charge in [-0.3, -0.25) is 0 Å². The zero-order chi connectivity index (χ0) is 22.3. The number of aromatic nitrogens is 1. The van der Waals surface area contributed by atoms with E-state index in [1.807, 2.05) is 6.07 Å². The third-order valence-corrected chi connectivity index (χ3v) is 7.87. The van der Waals surface area contributed by atoms with Crippen LogP contribution in [-0.4, -0.2) is 48.4 Å².